The molecule has 18 heavy (non-hydrogen) atoms. The van der Waals surface area contributed by atoms with E-state index < -0.39 is 18.7 Å². The predicted octanol–water partition coefficient (Wildman–Crippen LogP) is 2.01. The van der Waals surface area contributed by atoms with Crippen molar-refractivity contribution in [2.24, 2.45) is 0 Å². The van der Waals surface area contributed by atoms with Gasteiger partial charge in [0.25, 0.3) is 0 Å². The summed E-state index contributed by atoms with van der Waals surface area (Å²) in [5.74, 6) is -0.448. The zero-order valence-electron chi connectivity index (χ0n) is 9.58. The van der Waals surface area contributed by atoms with Crippen LogP contribution < -0.4 is 5.32 Å². The van der Waals surface area contributed by atoms with E-state index in [9.17, 15) is 18.0 Å². The second-order valence-electron chi connectivity index (χ2n) is 3.32. The summed E-state index contributed by atoms with van der Waals surface area (Å²) in [5, 5.41) is 11.1. The number of aryl methyl sites for hydroxylation is 1. The molecule has 1 amide bonds. The molecule has 0 aliphatic rings. The highest BCUT2D eigenvalue weighted by Crippen LogP contribution is 2.16. The lowest BCUT2D eigenvalue weighted by molar-refractivity contribution is -0.174. The maximum atomic E-state index is 11.7. The first kappa shape index (κ1) is 14.8. The summed E-state index contributed by atoms with van der Waals surface area (Å²) in [6.07, 6.45) is -3.81. The Morgan fingerprint density at radius 3 is 2.72 bits per heavy atom. The van der Waals surface area contributed by atoms with E-state index in [1.165, 1.54) is 11.3 Å². The van der Waals surface area contributed by atoms with Crippen molar-refractivity contribution in [3.63, 3.8) is 0 Å². The van der Waals surface area contributed by atoms with Crippen molar-refractivity contribution in [2.45, 2.75) is 25.9 Å². The van der Waals surface area contributed by atoms with Gasteiger partial charge in [-0.05, 0) is 6.42 Å². The van der Waals surface area contributed by atoms with Gasteiger partial charge in [-0.1, -0.05) is 18.3 Å². The average Bonchev–Trinajstić information content (AvgIpc) is 2.71. The van der Waals surface area contributed by atoms with E-state index >= 15 is 0 Å². The number of nitrogens with zero attached hydrogens (tertiary/aromatic N) is 2. The lowest BCUT2D eigenvalue weighted by Gasteiger charge is -2.06. The number of ether oxygens (including phenoxy) is 1. The third-order valence-corrected chi connectivity index (χ3v) is 2.74. The Labute approximate surface area is 105 Å². The topological polar surface area (TPSA) is 64.1 Å². The quantitative estimate of drug-likeness (QED) is 0.811. The van der Waals surface area contributed by atoms with Crippen molar-refractivity contribution in [3.05, 3.63) is 5.01 Å². The van der Waals surface area contributed by atoms with Crippen LogP contribution in [0.5, 0.6) is 0 Å². The first-order chi connectivity index (χ1) is 8.40. The summed E-state index contributed by atoms with van der Waals surface area (Å²) in [7, 11) is 0. The Balaban J connectivity index is 2.21. The van der Waals surface area contributed by atoms with E-state index in [0.717, 1.165) is 5.01 Å². The van der Waals surface area contributed by atoms with Gasteiger partial charge in [-0.2, -0.15) is 13.2 Å². The molecule has 0 unspecified atom stereocenters. The minimum Gasteiger partial charge on any atom is -0.372 e. The number of anilines is 1. The summed E-state index contributed by atoms with van der Waals surface area (Å²) in [6, 6.07) is 0. The lowest BCUT2D eigenvalue weighted by atomic mass is 10.4. The van der Waals surface area contributed by atoms with E-state index in [0.29, 0.717) is 11.6 Å². The van der Waals surface area contributed by atoms with Gasteiger partial charge in [0.2, 0.25) is 11.0 Å². The zero-order chi connectivity index (χ0) is 13.6. The van der Waals surface area contributed by atoms with Crippen molar-refractivity contribution < 1.29 is 22.7 Å². The molecule has 0 atom stereocenters. The molecular formula is C9H12F3N3O2S. The van der Waals surface area contributed by atoms with Crippen molar-refractivity contribution in [1.29, 1.82) is 0 Å². The van der Waals surface area contributed by atoms with E-state index in [1.54, 1.807) is 0 Å². The molecule has 0 fully saturated rings. The molecule has 9 heteroatoms. The Hall–Kier alpha value is -1.22. The number of aromatic nitrogens is 2. The van der Waals surface area contributed by atoms with Gasteiger partial charge >= 0.3 is 6.18 Å². The lowest BCUT2D eigenvalue weighted by Crippen LogP contribution is -2.20. The molecule has 1 rings (SSSR count). The minimum atomic E-state index is -4.37. The van der Waals surface area contributed by atoms with Crippen LogP contribution in [0.4, 0.5) is 18.3 Å². The van der Waals surface area contributed by atoms with Crippen molar-refractivity contribution in [1.82, 2.24) is 10.2 Å². The number of carbonyl (C=O) groups excluding carboxylic acids is 1. The van der Waals surface area contributed by atoms with E-state index in [-0.39, 0.29) is 13.0 Å². The fourth-order valence-corrected chi connectivity index (χ4v) is 1.68. The maximum Gasteiger partial charge on any atom is 0.411 e. The molecule has 0 aliphatic carbocycles. The number of hydrogen-bond acceptors (Lipinski definition) is 5. The summed E-state index contributed by atoms with van der Waals surface area (Å²) >= 11 is 1.23. The zero-order valence-corrected chi connectivity index (χ0v) is 10.4. The highest BCUT2D eigenvalue weighted by atomic mass is 32.1. The number of nitrogens with one attached hydrogen (secondary N) is 1. The molecule has 1 heterocycles. The normalized spacial score (nSPS) is 11.6. The largest absolute Gasteiger partial charge is 0.411 e. The average molecular weight is 283 g/mol. The summed E-state index contributed by atoms with van der Waals surface area (Å²) in [4.78, 5) is 11.3. The van der Waals surface area contributed by atoms with Crippen LogP contribution in [-0.4, -0.2) is 35.5 Å². The van der Waals surface area contributed by atoms with Crippen LogP contribution in [0.2, 0.25) is 0 Å². The van der Waals surface area contributed by atoms with Crippen LogP contribution in [-0.2, 0) is 16.0 Å². The fraction of sp³-hybridized carbons (Fsp3) is 0.667. The number of rotatable bonds is 6. The molecule has 5 nitrogen and oxygen atoms in total. The van der Waals surface area contributed by atoms with Crippen molar-refractivity contribution in [3.8, 4) is 0 Å². The molecule has 0 aromatic carbocycles. The molecular weight excluding hydrogens is 271 g/mol. The molecule has 102 valence electrons. The Morgan fingerprint density at radius 2 is 2.17 bits per heavy atom. The van der Waals surface area contributed by atoms with Gasteiger partial charge in [0.1, 0.15) is 11.6 Å². The molecule has 1 N–H and O–H groups in total. The van der Waals surface area contributed by atoms with Gasteiger partial charge in [-0.25, -0.2) is 0 Å². The summed E-state index contributed by atoms with van der Waals surface area (Å²) in [6.45, 7) is 0.265. The Kier molecular flexibility index (Phi) is 5.48. The van der Waals surface area contributed by atoms with Gasteiger partial charge in [0.15, 0.2) is 0 Å². The van der Waals surface area contributed by atoms with E-state index in [2.05, 4.69) is 20.3 Å². The van der Waals surface area contributed by atoms with Gasteiger partial charge in [0.05, 0.1) is 13.0 Å². The van der Waals surface area contributed by atoms with Gasteiger partial charge in [-0.15, -0.1) is 10.2 Å². The second-order valence-corrected chi connectivity index (χ2v) is 4.38. The first-order valence-corrected chi connectivity index (χ1v) is 5.99. The molecule has 1 aromatic heterocycles. The van der Waals surface area contributed by atoms with Crippen LogP contribution in [0.1, 0.15) is 18.4 Å². The SMILES string of the molecule is CCc1nnc(NC(=O)CCOCC(F)(F)F)s1. The monoisotopic (exact) mass is 283 g/mol. The van der Waals surface area contributed by atoms with Crippen molar-refractivity contribution >= 4 is 22.4 Å². The fourth-order valence-electron chi connectivity index (χ4n) is 0.982. The molecule has 0 spiro atoms. The van der Waals surface area contributed by atoms with Crippen LogP contribution in [0.15, 0.2) is 0 Å². The molecule has 0 saturated heterocycles. The molecule has 0 bridgehead atoms. The van der Waals surface area contributed by atoms with E-state index in [4.69, 9.17) is 0 Å². The van der Waals surface area contributed by atoms with Crippen LogP contribution >= 0.6 is 11.3 Å². The molecule has 0 aliphatic heterocycles. The van der Waals surface area contributed by atoms with Gasteiger partial charge in [0, 0.05) is 0 Å². The number of amides is 1. The molecule has 0 saturated carbocycles. The highest BCUT2D eigenvalue weighted by Gasteiger charge is 2.27. The standard InChI is InChI=1S/C9H12F3N3O2S/c1-2-7-14-15-8(18-7)13-6(16)3-4-17-5-9(10,11)12/h2-5H2,1H3,(H,13,15,16). The number of alkyl halides is 3. The Morgan fingerprint density at radius 1 is 1.44 bits per heavy atom. The summed E-state index contributed by atoms with van der Waals surface area (Å²) < 4.78 is 39.5. The first-order valence-electron chi connectivity index (χ1n) is 5.17. The minimum absolute atomic E-state index is 0.156. The number of halogens is 3. The third-order valence-electron chi connectivity index (χ3n) is 1.75. The van der Waals surface area contributed by atoms with Gasteiger partial charge < -0.3 is 10.1 Å². The van der Waals surface area contributed by atoms with Crippen LogP contribution in [0, 0.1) is 0 Å². The highest BCUT2D eigenvalue weighted by molar-refractivity contribution is 7.15. The number of carbonyl (C=O) groups is 1. The summed E-state index contributed by atoms with van der Waals surface area (Å²) in [5.41, 5.74) is 0. The number of hydrogen-bond donors (Lipinski definition) is 1. The van der Waals surface area contributed by atoms with E-state index in [1.807, 2.05) is 6.92 Å². The van der Waals surface area contributed by atoms with Crippen LogP contribution in [0.3, 0.4) is 0 Å². The third kappa shape index (κ3) is 5.92. The van der Waals surface area contributed by atoms with Crippen LogP contribution in [0.25, 0.3) is 0 Å². The van der Waals surface area contributed by atoms with Gasteiger partial charge in [-0.3, -0.25) is 4.79 Å². The smallest absolute Gasteiger partial charge is 0.372 e. The van der Waals surface area contributed by atoms with Crippen molar-refractivity contribution in [2.75, 3.05) is 18.5 Å². The maximum absolute atomic E-state index is 11.7. The molecule has 0 radical (unpaired) electrons. The predicted molar refractivity (Wildman–Crippen MR) is 59.4 cm³/mol. The Bertz CT molecular complexity index is 395. The molecule has 1 aromatic rings. The second kappa shape index (κ2) is 6.64.